The Bertz CT molecular complexity index is 532. The third-order valence-corrected chi connectivity index (χ3v) is 4.03. The van der Waals surface area contributed by atoms with Crippen LogP contribution in [0.5, 0.6) is 0 Å². The number of carbonyl (C=O) groups is 2. The Morgan fingerprint density at radius 2 is 1.67 bits per heavy atom. The fourth-order valence-electron chi connectivity index (χ4n) is 2.34. The van der Waals surface area contributed by atoms with Crippen LogP contribution in [0.1, 0.15) is 28.8 Å². The Hall–Kier alpha value is -1.92. The van der Waals surface area contributed by atoms with Gasteiger partial charge in [0, 0.05) is 45.3 Å². The van der Waals surface area contributed by atoms with E-state index >= 15 is 0 Å². The molecule has 6 nitrogen and oxygen atoms in total. The lowest BCUT2D eigenvalue weighted by atomic mass is 10.1. The summed E-state index contributed by atoms with van der Waals surface area (Å²) in [6.07, 6.45) is 2.00. The number of rotatable bonds is 10. The Kier molecular flexibility index (Phi) is 7.21. The van der Waals surface area contributed by atoms with Crippen molar-refractivity contribution in [3.8, 4) is 0 Å². The number of carbonyl (C=O) groups excluding carboxylic acids is 2. The summed E-state index contributed by atoms with van der Waals surface area (Å²) < 4.78 is 10.1. The van der Waals surface area contributed by atoms with Crippen molar-refractivity contribution in [2.75, 3.05) is 40.5 Å². The van der Waals surface area contributed by atoms with Gasteiger partial charge >= 0.3 is 0 Å². The number of nitrogens with zero attached hydrogens (tertiary/aromatic N) is 1. The molecule has 132 valence electrons. The summed E-state index contributed by atoms with van der Waals surface area (Å²) in [5, 5.41) is 2.92. The molecule has 0 saturated heterocycles. The SMILES string of the molecule is COCCN(CCOC)C(=O)c1ccc(CNC(=O)C2CC2)cc1. The molecule has 24 heavy (non-hydrogen) atoms. The largest absolute Gasteiger partial charge is 0.383 e. The maximum absolute atomic E-state index is 12.6. The van der Waals surface area contributed by atoms with Gasteiger partial charge in [-0.1, -0.05) is 12.1 Å². The van der Waals surface area contributed by atoms with Gasteiger partial charge in [0.25, 0.3) is 5.91 Å². The number of benzene rings is 1. The molecule has 0 aromatic heterocycles. The molecule has 0 aliphatic heterocycles. The molecular formula is C18H26N2O4. The Morgan fingerprint density at radius 1 is 1.08 bits per heavy atom. The first-order valence-electron chi connectivity index (χ1n) is 8.29. The molecule has 0 atom stereocenters. The van der Waals surface area contributed by atoms with Crippen LogP contribution < -0.4 is 5.32 Å². The third-order valence-electron chi connectivity index (χ3n) is 4.03. The molecule has 1 aliphatic rings. The zero-order valence-electron chi connectivity index (χ0n) is 14.4. The van der Waals surface area contributed by atoms with Crippen LogP contribution >= 0.6 is 0 Å². The topological polar surface area (TPSA) is 67.9 Å². The van der Waals surface area contributed by atoms with Gasteiger partial charge in [0.2, 0.25) is 5.91 Å². The van der Waals surface area contributed by atoms with E-state index < -0.39 is 0 Å². The molecule has 1 saturated carbocycles. The predicted octanol–water partition coefficient (Wildman–Crippen LogP) is 1.45. The average Bonchev–Trinajstić information content (AvgIpc) is 3.45. The molecule has 0 heterocycles. The minimum atomic E-state index is -0.0438. The molecule has 1 aromatic rings. The first kappa shape index (κ1) is 18.4. The molecular weight excluding hydrogens is 308 g/mol. The number of hydrogen-bond donors (Lipinski definition) is 1. The smallest absolute Gasteiger partial charge is 0.254 e. The molecule has 0 spiro atoms. The average molecular weight is 334 g/mol. The molecule has 2 amide bonds. The van der Waals surface area contributed by atoms with E-state index in [1.54, 1.807) is 31.3 Å². The monoisotopic (exact) mass is 334 g/mol. The second-order valence-corrected chi connectivity index (χ2v) is 5.97. The summed E-state index contributed by atoms with van der Waals surface area (Å²) in [5.74, 6) is 0.291. The van der Waals surface area contributed by atoms with Gasteiger partial charge in [0.15, 0.2) is 0 Å². The standard InChI is InChI=1S/C18H26N2O4/c1-23-11-9-20(10-12-24-2)18(22)16-5-3-14(4-6-16)13-19-17(21)15-7-8-15/h3-6,15H,7-13H2,1-2H3,(H,19,21). The van der Waals surface area contributed by atoms with Crippen LogP contribution in [0.4, 0.5) is 0 Å². The highest BCUT2D eigenvalue weighted by Crippen LogP contribution is 2.28. The van der Waals surface area contributed by atoms with E-state index in [9.17, 15) is 9.59 Å². The van der Waals surface area contributed by atoms with Gasteiger partial charge < -0.3 is 19.7 Å². The maximum Gasteiger partial charge on any atom is 0.254 e. The van der Waals surface area contributed by atoms with E-state index in [1.807, 2.05) is 12.1 Å². The number of nitrogens with one attached hydrogen (secondary N) is 1. The van der Waals surface area contributed by atoms with Crippen molar-refractivity contribution in [1.82, 2.24) is 10.2 Å². The van der Waals surface area contributed by atoms with Gasteiger partial charge in [-0.05, 0) is 30.5 Å². The van der Waals surface area contributed by atoms with Crippen molar-refractivity contribution in [1.29, 1.82) is 0 Å². The molecule has 0 bridgehead atoms. The number of ether oxygens (including phenoxy) is 2. The summed E-state index contributed by atoms with van der Waals surface area (Å²) in [7, 11) is 3.23. The van der Waals surface area contributed by atoms with Gasteiger partial charge in [0.1, 0.15) is 0 Å². The first-order valence-corrected chi connectivity index (χ1v) is 8.29. The zero-order valence-corrected chi connectivity index (χ0v) is 14.4. The molecule has 2 rings (SSSR count). The van der Waals surface area contributed by atoms with Gasteiger partial charge in [-0.3, -0.25) is 9.59 Å². The molecule has 1 N–H and O–H groups in total. The number of methoxy groups -OCH3 is 2. The van der Waals surface area contributed by atoms with Gasteiger partial charge in [-0.25, -0.2) is 0 Å². The molecule has 0 unspecified atom stereocenters. The fraction of sp³-hybridized carbons (Fsp3) is 0.556. The molecule has 1 aliphatic carbocycles. The number of hydrogen-bond acceptors (Lipinski definition) is 4. The first-order chi connectivity index (χ1) is 11.7. The van der Waals surface area contributed by atoms with Crippen molar-refractivity contribution in [3.63, 3.8) is 0 Å². The Morgan fingerprint density at radius 3 is 2.17 bits per heavy atom. The van der Waals surface area contributed by atoms with Crippen LogP contribution in [-0.2, 0) is 20.8 Å². The predicted molar refractivity (Wildman–Crippen MR) is 90.7 cm³/mol. The van der Waals surface area contributed by atoms with E-state index in [4.69, 9.17) is 9.47 Å². The fourth-order valence-corrected chi connectivity index (χ4v) is 2.34. The second-order valence-electron chi connectivity index (χ2n) is 5.97. The van der Waals surface area contributed by atoms with Crippen LogP contribution in [0.15, 0.2) is 24.3 Å². The van der Waals surface area contributed by atoms with Gasteiger partial charge in [-0.15, -0.1) is 0 Å². The molecule has 0 radical (unpaired) electrons. The van der Waals surface area contributed by atoms with Crippen LogP contribution in [0.25, 0.3) is 0 Å². The Labute approximate surface area is 143 Å². The van der Waals surface area contributed by atoms with Crippen LogP contribution in [0.3, 0.4) is 0 Å². The Balaban J connectivity index is 1.90. The third kappa shape index (κ3) is 5.62. The summed E-state index contributed by atoms with van der Waals surface area (Å²) in [6.45, 7) is 2.53. The summed E-state index contributed by atoms with van der Waals surface area (Å²) >= 11 is 0. The van der Waals surface area contributed by atoms with Crippen molar-refractivity contribution in [2.45, 2.75) is 19.4 Å². The minimum absolute atomic E-state index is 0.0438. The second kappa shape index (κ2) is 9.39. The number of amides is 2. The van der Waals surface area contributed by atoms with Crippen LogP contribution in [0, 0.1) is 5.92 Å². The quantitative estimate of drug-likeness (QED) is 0.703. The van der Waals surface area contributed by atoms with Crippen LogP contribution in [0.2, 0.25) is 0 Å². The van der Waals surface area contributed by atoms with E-state index in [1.165, 1.54) is 0 Å². The van der Waals surface area contributed by atoms with Gasteiger partial charge in [0.05, 0.1) is 13.2 Å². The lowest BCUT2D eigenvalue weighted by molar-refractivity contribution is -0.122. The molecule has 6 heteroatoms. The highest BCUT2D eigenvalue weighted by atomic mass is 16.5. The zero-order chi connectivity index (χ0) is 17.4. The van der Waals surface area contributed by atoms with Crippen molar-refractivity contribution >= 4 is 11.8 Å². The lowest BCUT2D eigenvalue weighted by Gasteiger charge is -2.22. The summed E-state index contributed by atoms with van der Waals surface area (Å²) in [5.41, 5.74) is 1.61. The van der Waals surface area contributed by atoms with E-state index in [0.717, 1.165) is 18.4 Å². The summed E-state index contributed by atoms with van der Waals surface area (Å²) in [6, 6.07) is 7.36. The van der Waals surface area contributed by atoms with E-state index in [-0.39, 0.29) is 17.7 Å². The lowest BCUT2D eigenvalue weighted by Crippen LogP contribution is -2.36. The van der Waals surface area contributed by atoms with E-state index in [0.29, 0.717) is 38.4 Å². The highest BCUT2D eigenvalue weighted by molar-refractivity contribution is 5.94. The summed E-state index contributed by atoms with van der Waals surface area (Å²) in [4.78, 5) is 25.9. The normalized spacial score (nSPS) is 13.6. The highest BCUT2D eigenvalue weighted by Gasteiger charge is 2.29. The van der Waals surface area contributed by atoms with Crippen molar-refractivity contribution in [3.05, 3.63) is 35.4 Å². The van der Waals surface area contributed by atoms with E-state index in [2.05, 4.69) is 5.32 Å². The molecule has 1 aromatic carbocycles. The maximum atomic E-state index is 12.6. The van der Waals surface area contributed by atoms with Crippen LogP contribution in [-0.4, -0.2) is 57.2 Å². The van der Waals surface area contributed by atoms with Crippen molar-refractivity contribution < 1.29 is 19.1 Å². The van der Waals surface area contributed by atoms with Crippen molar-refractivity contribution in [2.24, 2.45) is 5.92 Å². The van der Waals surface area contributed by atoms with Gasteiger partial charge in [-0.2, -0.15) is 0 Å². The molecule has 1 fully saturated rings. The minimum Gasteiger partial charge on any atom is -0.383 e.